The second-order valence-corrected chi connectivity index (χ2v) is 6.16. The lowest BCUT2D eigenvalue weighted by Gasteiger charge is -2.33. The average molecular weight is 272 g/mol. The molecule has 1 aromatic carbocycles. The molecular formula is C17H24N2O. The van der Waals surface area contributed by atoms with Gasteiger partial charge in [0, 0.05) is 6.04 Å². The minimum absolute atomic E-state index is 0.0685. The third-order valence-electron chi connectivity index (χ3n) is 4.89. The first kappa shape index (κ1) is 13.6. The van der Waals surface area contributed by atoms with Gasteiger partial charge in [0.25, 0.3) is 0 Å². The minimum Gasteiger partial charge on any atom is -0.319 e. The third kappa shape index (κ3) is 2.35. The minimum atomic E-state index is 0.0685. The molecule has 3 nitrogen and oxygen atoms in total. The van der Waals surface area contributed by atoms with Crippen molar-refractivity contribution in [3.63, 3.8) is 0 Å². The number of hydrogen-bond acceptors (Lipinski definition) is 2. The number of carbonyl (C=O) groups excluding carboxylic acids is 1. The molecule has 0 aromatic heterocycles. The summed E-state index contributed by atoms with van der Waals surface area (Å²) in [6.45, 7) is 4.92. The lowest BCUT2D eigenvalue weighted by molar-refractivity contribution is -0.131. The van der Waals surface area contributed by atoms with Gasteiger partial charge >= 0.3 is 0 Å². The number of hydrogen-bond donors (Lipinski definition) is 1. The smallest absolute Gasteiger partial charge is 0.238 e. The number of nitrogens with one attached hydrogen (secondary N) is 1. The largest absolute Gasteiger partial charge is 0.319 e. The van der Waals surface area contributed by atoms with Crippen molar-refractivity contribution in [2.24, 2.45) is 5.92 Å². The average Bonchev–Trinajstić information content (AvgIpc) is 3.04. The molecule has 1 N–H and O–H groups in total. The molecule has 1 aliphatic heterocycles. The van der Waals surface area contributed by atoms with E-state index in [2.05, 4.69) is 48.3 Å². The van der Waals surface area contributed by atoms with Gasteiger partial charge in [-0.3, -0.25) is 10.1 Å². The molecule has 1 aromatic rings. The molecular weight excluding hydrogens is 248 g/mol. The Kier molecular flexibility index (Phi) is 3.79. The summed E-state index contributed by atoms with van der Waals surface area (Å²) in [5, 5.41) is 3.38. The summed E-state index contributed by atoms with van der Waals surface area (Å²) in [6.07, 6.45) is 4.77. The van der Waals surface area contributed by atoms with Crippen LogP contribution >= 0.6 is 0 Å². The molecule has 1 amide bonds. The van der Waals surface area contributed by atoms with Gasteiger partial charge in [-0.05, 0) is 36.3 Å². The van der Waals surface area contributed by atoms with Crippen LogP contribution in [0.25, 0.3) is 0 Å². The molecule has 1 aliphatic carbocycles. The molecule has 2 fully saturated rings. The van der Waals surface area contributed by atoms with E-state index in [4.69, 9.17) is 0 Å². The first-order valence-corrected chi connectivity index (χ1v) is 7.84. The lowest BCUT2D eigenvalue weighted by Crippen LogP contribution is -2.41. The van der Waals surface area contributed by atoms with Crippen LogP contribution in [-0.2, 0) is 11.2 Å². The van der Waals surface area contributed by atoms with E-state index in [1.165, 1.54) is 24.0 Å². The highest BCUT2D eigenvalue weighted by molar-refractivity contribution is 5.81. The number of rotatable bonds is 3. The number of benzene rings is 1. The predicted octanol–water partition coefficient (Wildman–Crippen LogP) is 2.87. The Bertz CT molecular complexity index is 482. The van der Waals surface area contributed by atoms with Gasteiger partial charge in [0.2, 0.25) is 5.91 Å². The zero-order chi connectivity index (χ0) is 14.1. The molecule has 0 radical (unpaired) electrons. The van der Waals surface area contributed by atoms with E-state index in [0.717, 1.165) is 12.8 Å². The van der Waals surface area contributed by atoms with Gasteiger partial charge in [-0.25, -0.2) is 0 Å². The summed E-state index contributed by atoms with van der Waals surface area (Å²) >= 11 is 0. The highest BCUT2D eigenvalue weighted by Gasteiger charge is 2.40. The van der Waals surface area contributed by atoms with E-state index in [9.17, 15) is 4.79 Å². The van der Waals surface area contributed by atoms with Crippen molar-refractivity contribution >= 4 is 5.91 Å². The van der Waals surface area contributed by atoms with E-state index in [1.54, 1.807) is 0 Å². The van der Waals surface area contributed by atoms with Crippen LogP contribution in [0.1, 0.15) is 50.4 Å². The van der Waals surface area contributed by atoms with Gasteiger partial charge in [-0.1, -0.05) is 44.5 Å². The molecule has 0 bridgehead atoms. The molecule has 3 heteroatoms. The first-order chi connectivity index (χ1) is 9.70. The topological polar surface area (TPSA) is 32.3 Å². The van der Waals surface area contributed by atoms with E-state index >= 15 is 0 Å². The van der Waals surface area contributed by atoms with Crippen molar-refractivity contribution in [2.75, 3.05) is 6.54 Å². The standard InChI is InChI=1S/C17H24N2O/c1-3-13-7-9-14(10-8-13)17-18-11-16(20)19(17)15-6-4-5-12(15)2/h7-10,12,15,17-18H,3-6,11H2,1-2H3. The van der Waals surface area contributed by atoms with E-state index < -0.39 is 0 Å². The fraction of sp³-hybridized carbons (Fsp3) is 0.588. The van der Waals surface area contributed by atoms with Crippen molar-refractivity contribution < 1.29 is 4.79 Å². The van der Waals surface area contributed by atoms with Gasteiger partial charge in [-0.15, -0.1) is 0 Å². The second kappa shape index (κ2) is 5.57. The van der Waals surface area contributed by atoms with Crippen LogP contribution in [0.2, 0.25) is 0 Å². The van der Waals surface area contributed by atoms with Crippen LogP contribution in [0.5, 0.6) is 0 Å². The van der Waals surface area contributed by atoms with Crippen molar-refractivity contribution in [3.05, 3.63) is 35.4 Å². The van der Waals surface area contributed by atoms with Crippen molar-refractivity contribution in [1.82, 2.24) is 10.2 Å². The SMILES string of the molecule is CCc1ccc(C2NCC(=O)N2C2CCCC2C)cc1. The Morgan fingerprint density at radius 2 is 2.00 bits per heavy atom. The molecule has 0 spiro atoms. The zero-order valence-corrected chi connectivity index (χ0v) is 12.4. The van der Waals surface area contributed by atoms with Gasteiger partial charge in [-0.2, -0.15) is 0 Å². The molecule has 3 atom stereocenters. The predicted molar refractivity (Wildman–Crippen MR) is 80.2 cm³/mol. The van der Waals surface area contributed by atoms with Crippen molar-refractivity contribution in [3.8, 4) is 0 Å². The van der Waals surface area contributed by atoms with Gasteiger partial charge in [0.05, 0.1) is 6.54 Å². The summed E-state index contributed by atoms with van der Waals surface area (Å²) < 4.78 is 0. The Balaban J connectivity index is 1.85. The molecule has 3 rings (SSSR count). The summed E-state index contributed by atoms with van der Waals surface area (Å²) in [6, 6.07) is 9.10. The van der Waals surface area contributed by atoms with Crippen molar-refractivity contribution in [1.29, 1.82) is 0 Å². The van der Waals surface area contributed by atoms with Gasteiger partial charge in [0.1, 0.15) is 6.17 Å². The van der Waals surface area contributed by atoms with Crippen LogP contribution in [0.4, 0.5) is 0 Å². The van der Waals surface area contributed by atoms with Crippen LogP contribution < -0.4 is 5.32 Å². The summed E-state index contributed by atoms with van der Waals surface area (Å²) in [7, 11) is 0. The summed E-state index contributed by atoms with van der Waals surface area (Å²) in [5.41, 5.74) is 2.56. The Hall–Kier alpha value is -1.35. The number of nitrogens with zero attached hydrogens (tertiary/aromatic N) is 1. The summed E-state index contributed by atoms with van der Waals surface area (Å²) in [4.78, 5) is 14.4. The van der Waals surface area contributed by atoms with Crippen LogP contribution in [-0.4, -0.2) is 23.4 Å². The quantitative estimate of drug-likeness (QED) is 0.917. The van der Waals surface area contributed by atoms with Gasteiger partial charge in [0.15, 0.2) is 0 Å². The van der Waals surface area contributed by atoms with Gasteiger partial charge < -0.3 is 4.90 Å². The zero-order valence-electron chi connectivity index (χ0n) is 12.4. The highest BCUT2D eigenvalue weighted by Crippen LogP contribution is 2.35. The highest BCUT2D eigenvalue weighted by atomic mass is 16.2. The number of aryl methyl sites for hydroxylation is 1. The maximum atomic E-state index is 12.3. The fourth-order valence-electron chi connectivity index (χ4n) is 3.65. The Morgan fingerprint density at radius 3 is 2.60 bits per heavy atom. The summed E-state index contributed by atoms with van der Waals surface area (Å²) in [5.74, 6) is 0.879. The monoisotopic (exact) mass is 272 g/mol. The molecule has 20 heavy (non-hydrogen) atoms. The van der Waals surface area contributed by atoms with E-state index in [1.807, 2.05) is 0 Å². The molecule has 1 saturated heterocycles. The number of carbonyl (C=O) groups is 1. The van der Waals surface area contributed by atoms with Crippen LogP contribution in [0, 0.1) is 5.92 Å². The maximum Gasteiger partial charge on any atom is 0.238 e. The maximum absolute atomic E-state index is 12.3. The normalized spacial score (nSPS) is 30.2. The molecule has 1 heterocycles. The lowest BCUT2D eigenvalue weighted by atomic mass is 10.0. The van der Waals surface area contributed by atoms with Crippen molar-refractivity contribution in [2.45, 2.75) is 51.7 Å². The second-order valence-electron chi connectivity index (χ2n) is 6.16. The van der Waals surface area contributed by atoms with E-state index in [-0.39, 0.29) is 12.1 Å². The molecule has 108 valence electrons. The molecule has 1 saturated carbocycles. The van der Waals surface area contributed by atoms with Crippen LogP contribution in [0.15, 0.2) is 24.3 Å². The molecule has 2 aliphatic rings. The molecule has 3 unspecified atom stereocenters. The number of amides is 1. The van der Waals surface area contributed by atoms with Crippen LogP contribution in [0.3, 0.4) is 0 Å². The fourth-order valence-corrected chi connectivity index (χ4v) is 3.65. The third-order valence-corrected chi connectivity index (χ3v) is 4.89. The first-order valence-electron chi connectivity index (χ1n) is 7.84. The van der Waals surface area contributed by atoms with E-state index in [0.29, 0.717) is 18.5 Å². The Labute approximate surface area is 121 Å². The Morgan fingerprint density at radius 1 is 1.25 bits per heavy atom.